The van der Waals surface area contributed by atoms with Crippen molar-refractivity contribution in [1.82, 2.24) is 4.72 Å². The van der Waals surface area contributed by atoms with E-state index in [9.17, 15) is 13.2 Å². The summed E-state index contributed by atoms with van der Waals surface area (Å²) in [4.78, 5) is 10.7. The fraction of sp³-hybridized carbons (Fsp3) is 0.833. The van der Waals surface area contributed by atoms with E-state index in [1.165, 1.54) is 4.72 Å². The van der Waals surface area contributed by atoms with E-state index in [1.807, 2.05) is 6.92 Å². The first kappa shape index (κ1) is 15.8. The van der Waals surface area contributed by atoms with Crippen LogP contribution in [0, 0.1) is 0 Å². The molecule has 5 nitrogen and oxygen atoms in total. The number of nitrogens with one attached hydrogen (secondary N) is 1. The summed E-state index contributed by atoms with van der Waals surface area (Å²) in [6.07, 6.45) is 2.60. The van der Waals surface area contributed by atoms with Gasteiger partial charge in [0.15, 0.2) is 0 Å². The van der Waals surface area contributed by atoms with Gasteiger partial charge in [-0.1, -0.05) is 19.8 Å². The molecule has 0 aromatic carbocycles. The van der Waals surface area contributed by atoms with Gasteiger partial charge in [-0.15, -0.1) is 0 Å². The molecule has 0 saturated heterocycles. The molecule has 0 bridgehead atoms. The topological polar surface area (TPSA) is 83.5 Å². The van der Waals surface area contributed by atoms with Crippen LogP contribution in [-0.4, -0.2) is 48.4 Å². The zero-order chi connectivity index (χ0) is 9.61. The molecule has 2 N–H and O–H groups in total. The van der Waals surface area contributed by atoms with Crippen molar-refractivity contribution in [2.75, 3.05) is 0 Å². The molecule has 0 heterocycles. The van der Waals surface area contributed by atoms with Crippen molar-refractivity contribution >= 4 is 45.8 Å². The predicted molar refractivity (Wildman–Crippen MR) is 51.0 cm³/mol. The van der Waals surface area contributed by atoms with Crippen LogP contribution in [0.15, 0.2) is 0 Å². The maximum absolute atomic E-state index is 10.7. The van der Waals surface area contributed by atoms with Crippen LogP contribution in [0.3, 0.4) is 0 Å². The maximum atomic E-state index is 10.7. The van der Waals surface area contributed by atoms with E-state index in [0.717, 1.165) is 12.8 Å². The second-order valence-corrected chi connectivity index (χ2v) is 3.61. The number of hydrogen-bond donors (Lipinski definition) is 2. The van der Waals surface area contributed by atoms with Crippen LogP contribution in [0.1, 0.15) is 32.6 Å². The second kappa shape index (κ2) is 7.75. The first-order chi connectivity index (χ1) is 5.45. The van der Waals surface area contributed by atoms with Crippen LogP contribution >= 0.6 is 0 Å². The molecule has 13 heavy (non-hydrogen) atoms. The fourth-order valence-electron chi connectivity index (χ4n) is 0.730. The van der Waals surface area contributed by atoms with Gasteiger partial charge in [0.25, 0.3) is 0 Å². The molecular formula is C6H14NNaO4S. The van der Waals surface area contributed by atoms with Gasteiger partial charge in [0.2, 0.25) is 5.91 Å². The Balaban J connectivity index is 0. The standard InChI is InChI=1S/C6H13NO4S.Na.H/c1-2-3-4-5-6(8)7-12(9,10)11;;/h2-5H2,1H3,(H,7,8)(H,9,10,11);;. The van der Waals surface area contributed by atoms with Gasteiger partial charge in [-0.25, -0.2) is 4.72 Å². The van der Waals surface area contributed by atoms with Crippen LogP contribution in [0.4, 0.5) is 0 Å². The first-order valence-corrected chi connectivity index (χ1v) is 5.17. The molecule has 0 saturated carbocycles. The Hall–Kier alpha value is 0.380. The van der Waals surface area contributed by atoms with Crippen LogP contribution in [0.25, 0.3) is 0 Å². The number of carbonyl (C=O) groups is 1. The molecular weight excluding hydrogens is 205 g/mol. The average Bonchev–Trinajstić information content (AvgIpc) is 1.84. The minimum atomic E-state index is -4.36. The van der Waals surface area contributed by atoms with E-state index in [1.54, 1.807) is 0 Å². The Bertz CT molecular complexity index is 239. The van der Waals surface area contributed by atoms with Gasteiger partial charge in [0.05, 0.1) is 0 Å². The van der Waals surface area contributed by atoms with Crippen LogP contribution < -0.4 is 4.72 Å². The molecule has 0 rings (SSSR count). The molecule has 0 aliphatic carbocycles. The quantitative estimate of drug-likeness (QED) is 0.382. The van der Waals surface area contributed by atoms with E-state index in [2.05, 4.69) is 0 Å². The SMILES string of the molecule is CCCCCC(=O)NS(=O)(=O)O.[NaH]. The van der Waals surface area contributed by atoms with E-state index in [-0.39, 0.29) is 36.0 Å². The van der Waals surface area contributed by atoms with Crippen LogP contribution in [0.5, 0.6) is 0 Å². The molecule has 0 spiro atoms. The van der Waals surface area contributed by atoms with Gasteiger partial charge in [-0.2, -0.15) is 8.42 Å². The summed E-state index contributed by atoms with van der Waals surface area (Å²) in [5.74, 6) is -0.661. The van der Waals surface area contributed by atoms with Gasteiger partial charge in [-0.3, -0.25) is 9.35 Å². The van der Waals surface area contributed by atoms with Crippen molar-refractivity contribution < 1.29 is 17.8 Å². The number of amides is 1. The molecule has 1 amide bonds. The number of rotatable bonds is 5. The zero-order valence-electron chi connectivity index (χ0n) is 6.91. The van der Waals surface area contributed by atoms with E-state index in [4.69, 9.17) is 4.55 Å². The van der Waals surface area contributed by atoms with Crippen molar-refractivity contribution in [3.8, 4) is 0 Å². The molecule has 0 aromatic heterocycles. The second-order valence-electron chi connectivity index (χ2n) is 2.46. The molecule has 74 valence electrons. The van der Waals surface area contributed by atoms with Gasteiger partial charge in [0, 0.05) is 6.42 Å². The third-order valence-electron chi connectivity index (χ3n) is 1.25. The molecule has 7 heteroatoms. The molecule has 0 aliphatic heterocycles. The van der Waals surface area contributed by atoms with Crippen molar-refractivity contribution in [3.05, 3.63) is 0 Å². The van der Waals surface area contributed by atoms with Crippen molar-refractivity contribution in [2.24, 2.45) is 0 Å². The zero-order valence-corrected chi connectivity index (χ0v) is 7.73. The van der Waals surface area contributed by atoms with Crippen molar-refractivity contribution in [1.29, 1.82) is 0 Å². The summed E-state index contributed by atoms with van der Waals surface area (Å²) in [6, 6.07) is 0. The molecule has 0 atom stereocenters. The monoisotopic (exact) mass is 219 g/mol. The predicted octanol–water partition coefficient (Wildman–Crippen LogP) is -0.163. The summed E-state index contributed by atoms with van der Waals surface area (Å²) >= 11 is 0. The normalized spacial score (nSPS) is 10.3. The van der Waals surface area contributed by atoms with Crippen LogP contribution in [0.2, 0.25) is 0 Å². The molecule has 0 aromatic rings. The first-order valence-electron chi connectivity index (χ1n) is 3.73. The molecule has 0 unspecified atom stereocenters. The average molecular weight is 219 g/mol. The van der Waals surface area contributed by atoms with Gasteiger partial charge in [0.1, 0.15) is 0 Å². The Morgan fingerprint density at radius 3 is 2.31 bits per heavy atom. The number of hydrogen-bond acceptors (Lipinski definition) is 3. The third kappa shape index (κ3) is 12.4. The van der Waals surface area contributed by atoms with Crippen molar-refractivity contribution in [3.63, 3.8) is 0 Å². The Kier molecular flexibility index (Phi) is 9.44. The molecule has 0 aliphatic rings. The third-order valence-corrected chi connectivity index (χ3v) is 1.74. The van der Waals surface area contributed by atoms with E-state index in [0.29, 0.717) is 6.42 Å². The molecule has 0 radical (unpaired) electrons. The Morgan fingerprint density at radius 2 is 1.92 bits per heavy atom. The summed E-state index contributed by atoms with van der Waals surface area (Å²) in [6.45, 7) is 1.97. The van der Waals surface area contributed by atoms with E-state index < -0.39 is 16.2 Å². The van der Waals surface area contributed by atoms with Crippen molar-refractivity contribution in [2.45, 2.75) is 32.6 Å². The van der Waals surface area contributed by atoms with Gasteiger partial charge < -0.3 is 0 Å². The number of unbranched alkanes of at least 4 members (excludes halogenated alkanes) is 2. The van der Waals surface area contributed by atoms with Crippen LogP contribution in [-0.2, 0) is 15.1 Å². The Morgan fingerprint density at radius 1 is 1.38 bits per heavy atom. The summed E-state index contributed by atoms with van der Waals surface area (Å²) in [7, 11) is -4.36. The van der Waals surface area contributed by atoms with Gasteiger partial charge >= 0.3 is 39.9 Å². The fourth-order valence-corrected chi connectivity index (χ4v) is 1.12. The minimum absolute atomic E-state index is 0. The molecule has 0 fully saturated rings. The van der Waals surface area contributed by atoms with Gasteiger partial charge in [-0.05, 0) is 6.42 Å². The number of carbonyl (C=O) groups excluding carboxylic acids is 1. The summed E-state index contributed by atoms with van der Waals surface area (Å²) in [5, 5.41) is 0. The summed E-state index contributed by atoms with van der Waals surface area (Å²) in [5.41, 5.74) is 0. The Labute approximate surface area is 100 Å². The summed E-state index contributed by atoms with van der Waals surface area (Å²) < 4.78 is 29.8. The van der Waals surface area contributed by atoms with E-state index >= 15 is 0 Å².